The molecular weight excluding hydrogens is 170 g/mol. The molecule has 0 radical (unpaired) electrons. The van der Waals surface area contributed by atoms with Gasteiger partial charge in [-0.3, -0.25) is 14.4 Å². The molecule has 0 N–H and O–H groups in total. The summed E-state index contributed by atoms with van der Waals surface area (Å²) in [6.07, 6.45) is 0.275. The molecule has 0 aromatic rings. The fourth-order valence-electron chi connectivity index (χ4n) is 1.11. The molecule has 0 aromatic heterocycles. The van der Waals surface area contributed by atoms with E-state index in [0.717, 1.165) is 5.06 Å². The molecule has 0 aliphatic carbocycles. The third-order valence-electron chi connectivity index (χ3n) is 1.87. The second kappa shape index (κ2) is 3.87. The third kappa shape index (κ3) is 2.28. The summed E-state index contributed by atoms with van der Waals surface area (Å²) in [5.74, 6) is -0.347. The van der Waals surface area contributed by atoms with Crippen LogP contribution in [0.1, 0.15) is 27.2 Å². The highest BCUT2D eigenvalue weighted by molar-refractivity contribution is 6.02. The normalized spacial score (nSPS) is 23.4. The van der Waals surface area contributed by atoms with Gasteiger partial charge in [0.2, 0.25) is 0 Å². The van der Waals surface area contributed by atoms with Crippen molar-refractivity contribution in [3.8, 4) is 0 Å². The highest BCUT2D eigenvalue weighted by atomic mass is 16.7. The summed E-state index contributed by atoms with van der Waals surface area (Å²) in [5, 5.41) is 0.907. The van der Waals surface area contributed by atoms with Gasteiger partial charge in [0.25, 0.3) is 11.8 Å². The SMILES string of the molecule is CC(C)CON1C(=O)CC(C)C1=O. The molecule has 1 saturated heterocycles. The monoisotopic (exact) mass is 185 g/mol. The van der Waals surface area contributed by atoms with Crippen LogP contribution in [0.4, 0.5) is 0 Å². The predicted octanol–water partition coefficient (Wildman–Crippen LogP) is 0.969. The highest BCUT2D eigenvalue weighted by Crippen LogP contribution is 2.19. The minimum Gasteiger partial charge on any atom is -0.272 e. The molecule has 0 aromatic carbocycles. The predicted molar refractivity (Wildman–Crippen MR) is 46.4 cm³/mol. The van der Waals surface area contributed by atoms with E-state index in [4.69, 9.17) is 4.84 Å². The van der Waals surface area contributed by atoms with Crippen molar-refractivity contribution in [2.45, 2.75) is 27.2 Å². The Kier molecular flexibility index (Phi) is 3.03. The van der Waals surface area contributed by atoms with Crippen LogP contribution < -0.4 is 0 Å². The van der Waals surface area contributed by atoms with Crippen LogP contribution in [0.15, 0.2) is 0 Å². The van der Waals surface area contributed by atoms with E-state index in [1.165, 1.54) is 0 Å². The van der Waals surface area contributed by atoms with E-state index in [9.17, 15) is 9.59 Å². The van der Waals surface area contributed by atoms with Crippen molar-refractivity contribution < 1.29 is 14.4 Å². The number of carbonyl (C=O) groups excluding carboxylic acids is 2. The lowest BCUT2D eigenvalue weighted by atomic mass is 10.1. The lowest BCUT2D eigenvalue weighted by Gasteiger charge is -2.14. The molecule has 1 rings (SSSR count). The molecule has 1 atom stereocenters. The second-order valence-corrected chi connectivity index (χ2v) is 3.82. The zero-order valence-corrected chi connectivity index (χ0v) is 8.24. The van der Waals surface area contributed by atoms with Gasteiger partial charge in [0.15, 0.2) is 0 Å². The quantitative estimate of drug-likeness (QED) is 0.615. The van der Waals surface area contributed by atoms with Gasteiger partial charge in [-0.05, 0) is 5.92 Å². The molecule has 0 spiro atoms. The van der Waals surface area contributed by atoms with E-state index < -0.39 is 0 Å². The van der Waals surface area contributed by atoms with E-state index >= 15 is 0 Å². The molecule has 1 heterocycles. The topological polar surface area (TPSA) is 46.6 Å². The van der Waals surface area contributed by atoms with Crippen molar-refractivity contribution in [3.63, 3.8) is 0 Å². The maximum atomic E-state index is 11.3. The van der Waals surface area contributed by atoms with Gasteiger partial charge in [-0.1, -0.05) is 20.8 Å². The van der Waals surface area contributed by atoms with E-state index in [-0.39, 0.29) is 24.2 Å². The Morgan fingerprint density at radius 1 is 1.54 bits per heavy atom. The molecule has 74 valence electrons. The van der Waals surface area contributed by atoms with Crippen LogP contribution in [-0.2, 0) is 14.4 Å². The largest absolute Gasteiger partial charge is 0.272 e. The van der Waals surface area contributed by atoms with Gasteiger partial charge in [-0.25, -0.2) is 0 Å². The summed E-state index contributed by atoms with van der Waals surface area (Å²) in [6, 6.07) is 0. The van der Waals surface area contributed by atoms with Gasteiger partial charge in [-0.15, -0.1) is 0 Å². The molecule has 2 amide bonds. The van der Waals surface area contributed by atoms with Gasteiger partial charge < -0.3 is 0 Å². The van der Waals surface area contributed by atoms with Gasteiger partial charge in [0.05, 0.1) is 6.61 Å². The number of rotatable bonds is 3. The number of hydrogen-bond donors (Lipinski definition) is 0. The molecule has 1 unspecified atom stereocenters. The van der Waals surface area contributed by atoms with Crippen LogP contribution in [0.3, 0.4) is 0 Å². The third-order valence-corrected chi connectivity index (χ3v) is 1.87. The number of amides is 2. The summed E-state index contributed by atoms with van der Waals surface area (Å²) in [6.45, 7) is 6.08. The van der Waals surface area contributed by atoms with E-state index in [1.54, 1.807) is 6.92 Å². The zero-order valence-electron chi connectivity index (χ0n) is 8.24. The Morgan fingerprint density at radius 2 is 2.15 bits per heavy atom. The summed E-state index contributed by atoms with van der Waals surface area (Å²) < 4.78 is 0. The number of carbonyl (C=O) groups is 2. The maximum Gasteiger partial charge on any atom is 0.256 e. The van der Waals surface area contributed by atoms with E-state index in [0.29, 0.717) is 12.5 Å². The molecule has 4 heteroatoms. The van der Waals surface area contributed by atoms with Gasteiger partial charge in [0, 0.05) is 12.3 Å². The van der Waals surface area contributed by atoms with E-state index in [2.05, 4.69) is 0 Å². The molecule has 4 nitrogen and oxygen atoms in total. The average Bonchev–Trinajstić information content (AvgIpc) is 2.24. The van der Waals surface area contributed by atoms with Crippen LogP contribution in [0.5, 0.6) is 0 Å². The Balaban J connectivity index is 2.49. The number of hydroxylamine groups is 2. The molecule has 0 saturated carbocycles. The molecule has 1 fully saturated rings. The van der Waals surface area contributed by atoms with Crippen LogP contribution in [0.2, 0.25) is 0 Å². The van der Waals surface area contributed by atoms with Gasteiger partial charge >= 0.3 is 0 Å². The highest BCUT2D eigenvalue weighted by Gasteiger charge is 2.36. The van der Waals surface area contributed by atoms with E-state index in [1.807, 2.05) is 13.8 Å². The van der Waals surface area contributed by atoms with Crippen molar-refractivity contribution in [2.75, 3.05) is 6.61 Å². The molecule has 1 aliphatic rings. The molecular formula is C9H15NO3. The van der Waals surface area contributed by atoms with Gasteiger partial charge in [-0.2, -0.15) is 5.06 Å². The lowest BCUT2D eigenvalue weighted by Crippen LogP contribution is -2.31. The van der Waals surface area contributed by atoms with Crippen LogP contribution in [0, 0.1) is 11.8 Å². The first-order chi connectivity index (χ1) is 6.02. The maximum absolute atomic E-state index is 11.3. The molecule has 0 bridgehead atoms. The molecule has 1 aliphatic heterocycles. The Labute approximate surface area is 77.8 Å². The van der Waals surface area contributed by atoms with Crippen molar-refractivity contribution in [3.05, 3.63) is 0 Å². The fraction of sp³-hybridized carbons (Fsp3) is 0.778. The standard InChI is InChI=1S/C9H15NO3/c1-6(2)5-13-10-8(11)4-7(3)9(10)12/h6-7H,4-5H2,1-3H3. The Bertz CT molecular complexity index is 225. The van der Waals surface area contributed by atoms with Crippen molar-refractivity contribution >= 4 is 11.8 Å². The van der Waals surface area contributed by atoms with Gasteiger partial charge in [0.1, 0.15) is 0 Å². The average molecular weight is 185 g/mol. The fourth-order valence-corrected chi connectivity index (χ4v) is 1.11. The summed E-state index contributed by atoms with van der Waals surface area (Å²) in [4.78, 5) is 27.6. The second-order valence-electron chi connectivity index (χ2n) is 3.82. The Hall–Kier alpha value is -0.900. The zero-order chi connectivity index (χ0) is 10.0. The summed E-state index contributed by atoms with van der Waals surface area (Å²) >= 11 is 0. The smallest absolute Gasteiger partial charge is 0.256 e. The number of nitrogens with zero attached hydrogens (tertiary/aromatic N) is 1. The van der Waals surface area contributed by atoms with Crippen LogP contribution in [0.25, 0.3) is 0 Å². The summed E-state index contributed by atoms with van der Waals surface area (Å²) in [7, 11) is 0. The first kappa shape index (κ1) is 10.2. The number of hydrogen-bond acceptors (Lipinski definition) is 3. The molecule has 13 heavy (non-hydrogen) atoms. The van der Waals surface area contributed by atoms with Crippen molar-refractivity contribution in [2.24, 2.45) is 11.8 Å². The first-order valence-electron chi connectivity index (χ1n) is 4.52. The minimum atomic E-state index is -0.224. The van der Waals surface area contributed by atoms with Crippen molar-refractivity contribution in [1.29, 1.82) is 0 Å². The van der Waals surface area contributed by atoms with Crippen LogP contribution in [-0.4, -0.2) is 23.5 Å². The summed E-state index contributed by atoms with van der Waals surface area (Å²) in [5.41, 5.74) is 0. The lowest BCUT2D eigenvalue weighted by molar-refractivity contribution is -0.191. The van der Waals surface area contributed by atoms with Crippen LogP contribution >= 0.6 is 0 Å². The first-order valence-corrected chi connectivity index (χ1v) is 4.52. The van der Waals surface area contributed by atoms with Crippen molar-refractivity contribution in [1.82, 2.24) is 5.06 Å². The Morgan fingerprint density at radius 3 is 2.54 bits per heavy atom. The number of imide groups is 1. The minimum absolute atomic E-state index is 0.217.